The summed E-state index contributed by atoms with van der Waals surface area (Å²) in [7, 11) is 2.06. The van der Waals surface area contributed by atoms with Crippen LogP contribution in [-0.4, -0.2) is 37.8 Å². The maximum Gasteiger partial charge on any atom is 0.0510 e. The standard InChI is InChI=1S/C10H21NOS/c1-3-6-13-8-10(11-2)9-4-5-12-7-9/h9-11H,3-8H2,1-2H3. The molecule has 0 saturated carbocycles. The zero-order valence-corrected chi connectivity index (χ0v) is 9.53. The van der Waals surface area contributed by atoms with Crippen molar-refractivity contribution < 1.29 is 4.74 Å². The topological polar surface area (TPSA) is 21.3 Å². The van der Waals surface area contributed by atoms with E-state index in [2.05, 4.69) is 31.1 Å². The van der Waals surface area contributed by atoms with Gasteiger partial charge in [0.05, 0.1) is 6.61 Å². The van der Waals surface area contributed by atoms with Crippen molar-refractivity contribution >= 4 is 11.8 Å². The first-order valence-electron chi connectivity index (χ1n) is 5.21. The van der Waals surface area contributed by atoms with Gasteiger partial charge in [-0.3, -0.25) is 0 Å². The highest BCUT2D eigenvalue weighted by atomic mass is 32.2. The van der Waals surface area contributed by atoms with Crippen molar-refractivity contribution in [1.82, 2.24) is 5.32 Å². The third-order valence-corrected chi connectivity index (χ3v) is 3.84. The average molecular weight is 203 g/mol. The Morgan fingerprint density at radius 1 is 1.62 bits per heavy atom. The fourth-order valence-electron chi connectivity index (χ4n) is 1.68. The molecule has 78 valence electrons. The number of hydrogen-bond donors (Lipinski definition) is 1. The first-order chi connectivity index (χ1) is 6.38. The van der Waals surface area contributed by atoms with E-state index < -0.39 is 0 Å². The molecule has 0 radical (unpaired) electrons. The summed E-state index contributed by atoms with van der Waals surface area (Å²) in [5, 5.41) is 3.40. The molecule has 0 aromatic heterocycles. The van der Waals surface area contributed by atoms with Crippen molar-refractivity contribution in [3.63, 3.8) is 0 Å². The highest BCUT2D eigenvalue weighted by Gasteiger charge is 2.23. The Morgan fingerprint density at radius 2 is 2.46 bits per heavy atom. The summed E-state index contributed by atoms with van der Waals surface area (Å²) in [5.74, 6) is 3.26. The van der Waals surface area contributed by atoms with Gasteiger partial charge in [0.2, 0.25) is 0 Å². The number of rotatable bonds is 6. The molecule has 0 aromatic carbocycles. The van der Waals surface area contributed by atoms with Crippen LogP contribution in [0.5, 0.6) is 0 Å². The summed E-state index contributed by atoms with van der Waals surface area (Å²) >= 11 is 2.05. The molecule has 1 fully saturated rings. The molecule has 1 rings (SSSR count). The minimum Gasteiger partial charge on any atom is -0.381 e. The van der Waals surface area contributed by atoms with Crippen LogP contribution in [0.2, 0.25) is 0 Å². The summed E-state index contributed by atoms with van der Waals surface area (Å²) in [6.45, 7) is 4.15. The van der Waals surface area contributed by atoms with E-state index in [-0.39, 0.29) is 0 Å². The first kappa shape index (κ1) is 11.3. The van der Waals surface area contributed by atoms with Crippen molar-refractivity contribution in [2.24, 2.45) is 5.92 Å². The number of nitrogens with one attached hydrogen (secondary N) is 1. The molecule has 1 saturated heterocycles. The van der Waals surface area contributed by atoms with E-state index in [9.17, 15) is 0 Å². The fourth-order valence-corrected chi connectivity index (χ4v) is 2.83. The van der Waals surface area contributed by atoms with Gasteiger partial charge in [0.15, 0.2) is 0 Å². The maximum atomic E-state index is 5.40. The lowest BCUT2D eigenvalue weighted by Gasteiger charge is -2.21. The van der Waals surface area contributed by atoms with Crippen LogP contribution in [0, 0.1) is 5.92 Å². The summed E-state index contributed by atoms with van der Waals surface area (Å²) in [6, 6.07) is 0.652. The Bertz CT molecular complexity index is 126. The van der Waals surface area contributed by atoms with Gasteiger partial charge in [0.1, 0.15) is 0 Å². The molecule has 0 bridgehead atoms. The molecule has 1 aliphatic rings. The van der Waals surface area contributed by atoms with Crippen molar-refractivity contribution in [1.29, 1.82) is 0 Å². The van der Waals surface area contributed by atoms with Crippen LogP contribution in [0.15, 0.2) is 0 Å². The molecule has 2 atom stereocenters. The normalized spacial score (nSPS) is 24.9. The monoisotopic (exact) mass is 203 g/mol. The van der Waals surface area contributed by atoms with Crippen LogP contribution >= 0.6 is 11.8 Å². The molecule has 0 amide bonds. The third-order valence-electron chi connectivity index (χ3n) is 2.55. The zero-order chi connectivity index (χ0) is 9.52. The summed E-state index contributed by atoms with van der Waals surface area (Å²) < 4.78 is 5.40. The molecule has 1 aliphatic heterocycles. The van der Waals surface area contributed by atoms with Gasteiger partial charge in [-0.25, -0.2) is 0 Å². The Hall–Kier alpha value is 0.270. The van der Waals surface area contributed by atoms with Gasteiger partial charge in [0, 0.05) is 24.3 Å². The molecular weight excluding hydrogens is 182 g/mol. The smallest absolute Gasteiger partial charge is 0.0510 e. The Labute approximate surface area is 85.8 Å². The molecule has 2 nitrogen and oxygen atoms in total. The van der Waals surface area contributed by atoms with E-state index in [0.29, 0.717) is 6.04 Å². The quantitative estimate of drug-likeness (QED) is 0.665. The van der Waals surface area contributed by atoms with E-state index in [1.54, 1.807) is 0 Å². The van der Waals surface area contributed by atoms with Crippen LogP contribution in [-0.2, 0) is 4.74 Å². The molecule has 0 aromatic rings. The Balaban J connectivity index is 2.16. The lowest BCUT2D eigenvalue weighted by molar-refractivity contribution is 0.180. The minimum atomic E-state index is 0.652. The molecule has 13 heavy (non-hydrogen) atoms. The predicted octanol–water partition coefficient (Wildman–Crippen LogP) is 1.75. The maximum absolute atomic E-state index is 5.40. The number of ether oxygens (including phenoxy) is 1. The predicted molar refractivity (Wildman–Crippen MR) is 59.4 cm³/mol. The van der Waals surface area contributed by atoms with E-state index in [1.807, 2.05) is 0 Å². The summed E-state index contributed by atoms with van der Waals surface area (Å²) in [5.41, 5.74) is 0. The van der Waals surface area contributed by atoms with Gasteiger partial charge in [-0.05, 0) is 25.6 Å². The van der Waals surface area contributed by atoms with E-state index in [1.165, 1.54) is 24.3 Å². The molecule has 1 N–H and O–H groups in total. The van der Waals surface area contributed by atoms with Gasteiger partial charge in [-0.2, -0.15) is 11.8 Å². The van der Waals surface area contributed by atoms with Crippen molar-refractivity contribution in [2.75, 3.05) is 31.8 Å². The number of hydrogen-bond acceptors (Lipinski definition) is 3. The van der Waals surface area contributed by atoms with Gasteiger partial charge in [0.25, 0.3) is 0 Å². The molecule has 3 heteroatoms. The average Bonchev–Trinajstić information content (AvgIpc) is 2.65. The zero-order valence-electron chi connectivity index (χ0n) is 8.71. The van der Waals surface area contributed by atoms with Gasteiger partial charge >= 0.3 is 0 Å². The summed E-state index contributed by atoms with van der Waals surface area (Å²) in [6.07, 6.45) is 2.51. The van der Waals surface area contributed by atoms with Gasteiger partial charge < -0.3 is 10.1 Å². The van der Waals surface area contributed by atoms with Crippen molar-refractivity contribution in [2.45, 2.75) is 25.8 Å². The number of thioether (sulfide) groups is 1. The molecule has 2 unspecified atom stereocenters. The molecule has 0 spiro atoms. The van der Waals surface area contributed by atoms with Gasteiger partial charge in [-0.1, -0.05) is 6.92 Å². The second-order valence-corrected chi connectivity index (χ2v) is 4.74. The lowest BCUT2D eigenvalue weighted by Crippen LogP contribution is -2.36. The Kier molecular flexibility index (Phi) is 5.83. The lowest BCUT2D eigenvalue weighted by atomic mass is 10.0. The second kappa shape index (κ2) is 6.68. The van der Waals surface area contributed by atoms with Crippen molar-refractivity contribution in [3.05, 3.63) is 0 Å². The third kappa shape index (κ3) is 3.88. The largest absolute Gasteiger partial charge is 0.381 e. The van der Waals surface area contributed by atoms with Crippen LogP contribution in [0.25, 0.3) is 0 Å². The molecule has 0 aliphatic carbocycles. The highest BCUT2D eigenvalue weighted by Crippen LogP contribution is 2.19. The minimum absolute atomic E-state index is 0.652. The van der Waals surface area contributed by atoms with Crippen LogP contribution in [0.1, 0.15) is 19.8 Å². The van der Waals surface area contributed by atoms with Crippen LogP contribution < -0.4 is 5.32 Å². The fraction of sp³-hybridized carbons (Fsp3) is 1.00. The second-order valence-electron chi connectivity index (χ2n) is 3.59. The summed E-state index contributed by atoms with van der Waals surface area (Å²) in [4.78, 5) is 0. The van der Waals surface area contributed by atoms with Crippen LogP contribution in [0.3, 0.4) is 0 Å². The SMILES string of the molecule is CCCSCC(NC)C1CCOC1. The van der Waals surface area contributed by atoms with Crippen LogP contribution in [0.4, 0.5) is 0 Å². The van der Waals surface area contributed by atoms with E-state index in [0.717, 1.165) is 19.1 Å². The van der Waals surface area contributed by atoms with Gasteiger partial charge in [-0.15, -0.1) is 0 Å². The van der Waals surface area contributed by atoms with Crippen molar-refractivity contribution in [3.8, 4) is 0 Å². The van der Waals surface area contributed by atoms with E-state index >= 15 is 0 Å². The molecule has 1 heterocycles. The first-order valence-corrected chi connectivity index (χ1v) is 6.36. The Morgan fingerprint density at radius 3 is 3.00 bits per heavy atom. The molecular formula is C10H21NOS. The van der Waals surface area contributed by atoms with E-state index in [4.69, 9.17) is 4.74 Å². The highest BCUT2D eigenvalue weighted by molar-refractivity contribution is 7.99.